The summed E-state index contributed by atoms with van der Waals surface area (Å²) < 4.78 is 0. The van der Waals surface area contributed by atoms with Crippen LogP contribution in [0.3, 0.4) is 0 Å². The molecule has 7 rings (SSSR count). The SMILES string of the molecule is Clc1cccc(-c2cccc3c2C2(c4ccccc4-c4ccccc42)c2ccccc2-3)c1. The van der Waals surface area contributed by atoms with E-state index in [1.165, 1.54) is 50.1 Å². The Balaban J connectivity index is 1.71. The number of benzene rings is 5. The van der Waals surface area contributed by atoms with Crippen molar-refractivity contribution in [2.75, 3.05) is 0 Å². The molecule has 1 heteroatoms. The lowest BCUT2D eigenvalue weighted by atomic mass is 9.68. The van der Waals surface area contributed by atoms with E-state index in [1.54, 1.807) is 0 Å². The topological polar surface area (TPSA) is 0 Å². The fourth-order valence-electron chi connectivity index (χ4n) is 6.05. The minimum Gasteiger partial charge on any atom is -0.0843 e. The predicted molar refractivity (Wildman–Crippen MR) is 133 cm³/mol. The Morgan fingerprint density at radius 1 is 0.438 bits per heavy atom. The Bertz CT molecular complexity index is 1480. The van der Waals surface area contributed by atoms with Crippen molar-refractivity contribution in [3.63, 3.8) is 0 Å². The number of rotatable bonds is 1. The zero-order valence-electron chi connectivity index (χ0n) is 17.3. The van der Waals surface area contributed by atoms with E-state index < -0.39 is 0 Å². The maximum atomic E-state index is 6.45. The summed E-state index contributed by atoms with van der Waals surface area (Å²) in [6.45, 7) is 0. The van der Waals surface area contributed by atoms with E-state index in [-0.39, 0.29) is 5.41 Å². The lowest BCUT2D eigenvalue weighted by molar-refractivity contribution is 0.796. The smallest absolute Gasteiger partial charge is 0.0731 e. The summed E-state index contributed by atoms with van der Waals surface area (Å²) in [5, 5.41) is 0.761. The van der Waals surface area contributed by atoms with Crippen LogP contribution in [0, 0.1) is 0 Å². The molecule has 1 spiro atoms. The molecule has 150 valence electrons. The molecular weight excluding hydrogens is 408 g/mol. The second-order valence-corrected chi connectivity index (χ2v) is 9.06. The molecule has 5 aromatic carbocycles. The summed E-state index contributed by atoms with van der Waals surface area (Å²) >= 11 is 6.45. The van der Waals surface area contributed by atoms with Crippen molar-refractivity contribution in [1.82, 2.24) is 0 Å². The third-order valence-electron chi connectivity index (χ3n) is 7.15. The monoisotopic (exact) mass is 426 g/mol. The van der Waals surface area contributed by atoms with E-state index in [0.29, 0.717) is 0 Å². The second-order valence-electron chi connectivity index (χ2n) is 8.63. The fourth-order valence-corrected chi connectivity index (χ4v) is 6.24. The average molecular weight is 427 g/mol. The summed E-state index contributed by atoms with van der Waals surface area (Å²) in [6, 6.07) is 41.7. The van der Waals surface area contributed by atoms with Crippen LogP contribution >= 0.6 is 11.6 Å². The van der Waals surface area contributed by atoms with Crippen LogP contribution in [0.15, 0.2) is 115 Å². The first-order valence-electron chi connectivity index (χ1n) is 11.0. The summed E-state index contributed by atoms with van der Waals surface area (Å²) in [6.07, 6.45) is 0. The van der Waals surface area contributed by atoms with E-state index in [9.17, 15) is 0 Å². The van der Waals surface area contributed by atoms with Crippen molar-refractivity contribution in [2.45, 2.75) is 5.41 Å². The standard InChI is InChI=1S/C31H19Cl/c32-21-10-7-9-20(19-21)22-14-8-15-26-25-13-3-6-18-29(25)31(30(22)26)27-16-4-1-11-23(27)24-12-2-5-17-28(24)31/h1-19H. The maximum absolute atomic E-state index is 6.45. The highest BCUT2D eigenvalue weighted by Crippen LogP contribution is 2.64. The molecule has 0 aromatic heterocycles. The minimum atomic E-state index is -0.335. The quantitative estimate of drug-likeness (QED) is 0.247. The van der Waals surface area contributed by atoms with Gasteiger partial charge >= 0.3 is 0 Å². The molecule has 0 radical (unpaired) electrons. The largest absolute Gasteiger partial charge is 0.0843 e. The van der Waals surface area contributed by atoms with Crippen LogP contribution in [-0.4, -0.2) is 0 Å². The number of halogens is 1. The molecule has 2 aliphatic carbocycles. The van der Waals surface area contributed by atoms with Gasteiger partial charge in [-0.1, -0.05) is 115 Å². The van der Waals surface area contributed by atoms with Crippen LogP contribution < -0.4 is 0 Å². The van der Waals surface area contributed by atoms with Crippen LogP contribution in [0.5, 0.6) is 0 Å². The van der Waals surface area contributed by atoms with Gasteiger partial charge in [-0.2, -0.15) is 0 Å². The van der Waals surface area contributed by atoms with Crippen LogP contribution in [0.2, 0.25) is 5.02 Å². The molecule has 0 saturated heterocycles. The van der Waals surface area contributed by atoms with Crippen molar-refractivity contribution in [2.24, 2.45) is 0 Å². The molecule has 2 aliphatic rings. The number of fused-ring (bicyclic) bond motifs is 10. The van der Waals surface area contributed by atoms with Gasteiger partial charge in [0.25, 0.3) is 0 Å². The van der Waals surface area contributed by atoms with Crippen molar-refractivity contribution < 1.29 is 0 Å². The lowest BCUT2D eigenvalue weighted by Crippen LogP contribution is -2.26. The Hall–Kier alpha value is -3.61. The van der Waals surface area contributed by atoms with E-state index in [0.717, 1.165) is 10.6 Å². The van der Waals surface area contributed by atoms with Crippen LogP contribution in [0.1, 0.15) is 22.3 Å². The van der Waals surface area contributed by atoms with Gasteiger partial charge in [0.2, 0.25) is 0 Å². The van der Waals surface area contributed by atoms with E-state index >= 15 is 0 Å². The Morgan fingerprint density at radius 2 is 0.906 bits per heavy atom. The van der Waals surface area contributed by atoms with Crippen LogP contribution in [0.4, 0.5) is 0 Å². The first-order valence-corrected chi connectivity index (χ1v) is 11.4. The van der Waals surface area contributed by atoms with E-state index in [1.807, 2.05) is 12.1 Å². The Labute approximate surface area is 192 Å². The van der Waals surface area contributed by atoms with Crippen molar-refractivity contribution in [3.8, 4) is 33.4 Å². The molecule has 0 atom stereocenters. The third kappa shape index (κ3) is 2.13. The molecule has 0 unspecified atom stereocenters. The second kappa shape index (κ2) is 6.45. The first-order chi connectivity index (χ1) is 15.8. The number of hydrogen-bond acceptors (Lipinski definition) is 0. The zero-order chi connectivity index (χ0) is 21.3. The van der Waals surface area contributed by atoms with E-state index in [4.69, 9.17) is 11.6 Å². The summed E-state index contributed by atoms with van der Waals surface area (Å²) in [7, 11) is 0. The fraction of sp³-hybridized carbons (Fsp3) is 0.0323. The maximum Gasteiger partial charge on any atom is 0.0731 e. The molecule has 32 heavy (non-hydrogen) atoms. The predicted octanol–water partition coefficient (Wildman–Crippen LogP) is 8.35. The molecular formula is C31H19Cl. The molecule has 0 bridgehead atoms. The Morgan fingerprint density at radius 3 is 1.50 bits per heavy atom. The van der Waals surface area contributed by atoms with Gasteiger partial charge in [-0.3, -0.25) is 0 Å². The van der Waals surface area contributed by atoms with Crippen LogP contribution in [-0.2, 0) is 5.41 Å². The average Bonchev–Trinajstić information content (AvgIpc) is 3.32. The van der Waals surface area contributed by atoms with Gasteiger partial charge in [-0.05, 0) is 67.8 Å². The summed E-state index contributed by atoms with van der Waals surface area (Å²) in [4.78, 5) is 0. The highest BCUT2D eigenvalue weighted by atomic mass is 35.5. The number of hydrogen-bond donors (Lipinski definition) is 0. The van der Waals surface area contributed by atoms with E-state index in [2.05, 4.69) is 103 Å². The van der Waals surface area contributed by atoms with Gasteiger partial charge in [0, 0.05) is 5.02 Å². The summed E-state index contributed by atoms with van der Waals surface area (Å²) in [5.41, 5.74) is 12.8. The molecule has 0 amide bonds. The molecule has 0 aliphatic heterocycles. The molecule has 0 heterocycles. The van der Waals surface area contributed by atoms with Crippen molar-refractivity contribution >= 4 is 11.6 Å². The van der Waals surface area contributed by atoms with Crippen molar-refractivity contribution in [3.05, 3.63) is 143 Å². The van der Waals surface area contributed by atoms with Crippen molar-refractivity contribution in [1.29, 1.82) is 0 Å². The van der Waals surface area contributed by atoms with Crippen LogP contribution in [0.25, 0.3) is 33.4 Å². The van der Waals surface area contributed by atoms with Gasteiger partial charge < -0.3 is 0 Å². The molecule has 5 aromatic rings. The van der Waals surface area contributed by atoms with Gasteiger partial charge in [0.1, 0.15) is 0 Å². The molecule has 0 N–H and O–H groups in total. The molecule has 0 fully saturated rings. The Kier molecular flexibility index (Phi) is 3.63. The highest BCUT2D eigenvalue weighted by molar-refractivity contribution is 6.30. The van der Waals surface area contributed by atoms with Gasteiger partial charge in [0.15, 0.2) is 0 Å². The summed E-state index contributed by atoms with van der Waals surface area (Å²) in [5.74, 6) is 0. The minimum absolute atomic E-state index is 0.335. The zero-order valence-corrected chi connectivity index (χ0v) is 18.1. The van der Waals surface area contributed by atoms with Gasteiger partial charge in [-0.25, -0.2) is 0 Å². The first kappa shape index (κ1) is 18.0. The third-order valence-corrected chi connectivity index (χ3v) is 7.38. The van der Waals surface area contributed by atoms with Gasteiger partial charge in [0.05, 0.1) is 5.41 Å². The lowest BCUT2D eigenvalue weighted by Gasteiger charge is -2.32. The molecule has 0 saturated carbocycles. The van der Waals surface area contributed by atoms with Gasteiger partial charge in [-0.15, -0.1) is 0 Å². The highest BCUT2D eigenvalue weighted by Gasteiger charge is 2.52. The normalized spacial score (nSPS) is 14.0. The molecule has 0 nitrogen and oxygen atoms in total.